The molecule has 3 N–H and O–H groups in total. The summed E-state index contributed by atoms with van der Waals surface area (Å²) < 4.78 is 0. The van der Waals surface area contributed by atoms with Gasteiger partial charge in [0, 0.05) is 12.1 Å². The first-order chi connectivity index (χ1) is 5.60. The van der Waals surface area contributed by atoms with Crippen LogP contribution in [0.4, 0.5) is 4.79 Å². The molecule has 0 radical (unpaired) electrons. The highest BCUT2D eigenvalue weighted by Crippen LogP contribution is 2.60. The fourth-order valence-corrected chi connectivity index (χ4v) is 2.81. The lowest BCUT2D eigenvalue weighted by Gasteiger charge is -2.46. The molecule has 0 aromatic carbocycles. The summed E-state index contributed by atoms with van der Waals surface area (Å²) in [5, 5.41) is 20.1. The van der Waals surface area contributed by atoms with Gasteiger partial charge in [-0.15, -0.1) is 0 Å². The van der Waals surface area contributed by atoms with E-state index in [4.69, 9.17) is 10.2 Å². The number of carboxylic acid groups (broad SMARTS) is 1. The Morgan fingerprint density at radius 2 is 2.08 bits per heavy atom. The molecule has 3 rings (SSSR count). The van der Waals surface area contributed by atoms with Gasteiger partial charge in [0.25, 0.3) is 0 Å². The molecule has 0 unspecified atom stereocenters. The van der Waals surface area contributed by atoms with Crippen LogP contribution in [0.15, 0.2) is 0 Å². The second-order valence-electron chi connectivity index (χ2n) is 4.22. The first kappa shape index (κ1) is 7.86. The third-order valence-electron chi connectivity index (χ3n) is 3.27. The summed E-state index contributed by atoms with van der Waals surface area (Å²) in [5.41, 5.74) is -0.128. The molecule has 0 aliphatic heterocycles. The number of fused-ring (bicyclic) bond motifs is 1. The van der Waals surface area contributed by atoms with Gasteiger partial charge in [0.1, 0.15) is 0 Å². The standard InChI is InChI=1S/C8H13NO3/c10-5-7-1-2-8(3-7,4-7)9-6(11)12/h9-10H,1-5H2,(H,11,12). The van der Waals surface area contributed by atoms with Gasteiger partial charge < -0.3 is 15.5 Å². The van der Waals surface area contributed by atoms with Gasteiger partial charge in [0.2, 0.25) is 0 Å². The van der Waals surface area contributed by atoms with E-state index in [-0.39, 0.29) is 17.6 Å². The molecule has 0 atom stereocenters. The van der Waals surface area contributed by atoms with Gasteiger partial charge in [0.05, 0.1) is 0 Å². The van der Waals surface area contributed by atoms with Gasteiger partial charge in [-0.25, -0.2) is 4.79 Å². The summed E-state index contributed by atoms with van der Waals surface area (Å²) in [7, 11) is 0. The van der Waals surface area contributed by atoms with E-state index in [1.165, 1.54) is 0 Å². The topological polar surface area (TPSA) is 69.6 Å². The predicted molar refractivity (Wildman–Crippen MR) is 41.9 cm³/mol. The van der Waals surface area contributed by atoms with E-state index >= 15 is 0 Å². The van der Waals surface area contributed by atoms with E-state index in [1.807, 2.05) is 0 Å². The average Bonchev–Trinajstić information content (AvgIpc) is 2.40. The molecule has 3 saturated carbocycles. The van der Waals surface area contributed by atoms with E-state index < -0.39 is 6.09 Å². The SMILES string of the molecule is O=C(O)NC12CCC(CO)(C1)C2. The molecule has 4 heteroatoms. The number of aliphatic hydroxyl groups excluding tert-OH is 1. The third kappa shape index (κ3) is 0.909. The zero-order valence-corrected chi connectivity index (χ0v) is 6.84. The number of aliphatic hydroxyl groups is 1. The molecule has 0 heterocycles. The lowest BCUT2D eigenvalue weighted by Crippen LogP contribution is -2.56. The maximum atomic E-state index is 10.4. The zero-order valence-electron chi connectivity index (χ0n) is 6.84. The Morgan fingerprint density at radius 3 is 2.50 bits per heavy atom. The Kier molecular flexibility index (Phi) is 1.39. The van der Waals surface area contributed by atoms with Crippen LogP contribution in [0.5, 0.6) is 0 Å². The van der Waals surface area contributed by atoms with Gasteiger partial charge in [-0.1, -0.05) is 0 Å². The Balaban J connectivity index is 2.00. The number of hydrogen-bond acceptors (Lipinski definition) is 2. The molecule has 0 saturated heterocycles. The molecular formula is C8H13NO3. The molecule has 1 amide bonds. The van der Waals surface area contributed by atoms with Crippen molar-refractivity contribution in [1.29, 1.82) is 0 Å². The first-order valence-electron chi connectivity index (χ1n) is 4.22. The lowest BCUT2D eigenvalue weighted by molar-refractivity contribution is 0.0246. The quantitative estimate of drug-likeness (QED) is 0.568. The molecule has 3 aliphatic carbocycles. The maximum Gasteiger partial charge on any atom is 0.405 e. The molecule has 68 valence electrons. The Hall–Kier alpha value is -0.770. The van der Waals surface area contributed by atoms with E-state index in [9.17, 15) is 4.79 Å². The molecular weight excluding hydrogens is 158 g/mol. The number of rotatable bonds is 2. The number of hydrogen-bond donors (Lipinski definition) is 3. The van der Waals surface area contributed by atoms with Crippen molar-refractivity contribution in [3.63, 3.8) is 0 Å². The molecule has 4 nitrogen and oxygen atoms in total. The van der Waals surface area contributed by atoms with Gasteiger partial charge >= 0.3 is 6.09 Å². The Labute approximate surface area is 70.6 Å². The molecule has 3 fully saturated rings. The van der Waals surface area contributed by atoms with E-state index in [0.29, 0.717) is 0 Å². The smallest absolute Gasteiger partial charge is 0.405 e. The molecule has 0 aromatic heterocycles. The van der Waals surface area contributed by atoms with Crippen molar-refractivity contribution in [2.45, 2.75) is 31.2 Å². The van der Waals surface area contributed by atoms with Crippen LogP contribution < -0.4 is 5.32 Å². The van der Waals surface area contributed by atoms with Crippen molar-refractivity contribution in [2.24, 2.45) is 5.41 Å². The van der Waals surface area contributed by atoms with Gasteiger partial charge in [0.15, 0.2) is 0 Å². The van der Waals surface area contributed by atoms with Gasteiger partial charge in [-0.2, -0.15) is 0 Å². The molecule has 3 aliphatic rings. The minimum atomic E-state index is -0.941. The molecule has 2 bridgehead atoms. The van der Waals surface area contributed by atoms with E-state index in [0.717, 1.165) is 25.7 Å². The fraction of sp³-hybridized carbons (Fsp3) is 0.875. The molecule has 0 aromatic rings. The van der Waals surface area contributed by atoms with Crippen molar-refractivity contribution in [2.75, 3.05) is 6.61 Å². The molecule has 0 spiro atoms. The molecule has 12 heavy (non-hydrogen) atoms. The van der Waals surface area contributed by atoms with Crippen LogP contribution in [-0.4, -0.2) is 28.5 Å². The zero-order chi connectivity index (χ0) is 8.82. The second kappa shape index (κ2) is 2.13. The first-order valence-corrected chi connectivity index (χ1v) is 4.22. The lowest BCUT2D eigenvalue weighted by atomic mass is 9.65. The highest BCUT2D eigenvalue weighted by molar-refractivity contribution is 5.66. The monoisotopic (exact) mass is 171 g/mol. The fourth-order valence-electron chi connectivity index (χ4n) is 2.81. The minimum Gasteiger partial charge on any atom is -0.465 e. The van der Waals surface area contributed by atoms with Crippen molar-refractivity contribution in [1.82, 2.24) is 5.32 Å². The highest BCUT2D eigenvalue weighted by atomic mass is 16.4. The van der Waals surface area contributed by atoms with Gasteiger partial charge in [-0.05, 0) is 31.1 Å². The van der Waals surface area contributed by atoms with Crippen molar-refractivity contribution >= 4 is 6.09 Å². The summed E-state index contributed by atoms with van der Waals surface area (Å²) >= 11 is 0. The number of nitrogens with one attached hydrogen (secondary N) is 1. The van der Waals surface area contributed by atoms with Crippen LogP contribution in [0, 0.1) is 5.41 Å². The Bertz CT molecular complexity index is 220. The number of carbonyl (C=O) groups is 1. The van der Waals surface area contributed by atoms with Crippen LogP contribution in [0.1, 0.15) is 25.7 Å². The van der Waals surface area contributed by atoms with Crippen LogP contribution in [0.25, 0.3) is 0 Å². The van der Waals surface area contributed by atoms with Crippen molar-refractivity contribution in [3.8, 4) is 0 Å². The average molecular weight is 171 g/mol. The van der Waals surface area contributed by atoms with Crippen LogP contribution in [0.3, 0.4) is 0 Å². The summed E-state index contributed by atoms with van der Waals surface area (Å²) in [6, 6.07) is 0. The second-order valence-corrected chi connectivity index (χ2v) is 4.22. The Morgan fingerprint density at radius 1 is 1.42 bits per heavy atom. The van der Waals surface area contributed by atoms with Crippen LogP contribution in [0.2, 0.25) is 0 Å². The summed E-state index contributed by atoms with van der Waals surface area (Å²) in [6.07, 6.45) is 2.55. The summed E-state index contributed by atoms with van der Waals surface area (Å²) in [6.45, 7) is 0.204. The van der Waals surface area contributed by atoms with Gasteiger partial charge in [-0.3, -0.25) is 0 Å². The van der Waals surface area contributed by atoms with E-state index in [2.05, 4.69) is 5.32 Å². The summed E-state index contributed by atoms with van der Waals surface area (Å²) in [5.74, 6) is 0. The third-order valence-corrected chi connectivity index (χ3v) is 3.27. The number of amides is 1. The summed E-state index contributed by atoms with van der Waals surface area (Å²) in [4.78, 5) is 10.4. The maximum absolute atomic E-state index is 10.4. The predicted octanol–water partition coefficient (Wildman–Crippen LogP) is 0.559. The highest BCUT2D eigenvalue weighted by Gasteiger charge is 2.60. The normalized spacial score (nSPS) is 43.8. The van der Waals surface area contributed by atoms with Crippen molar-refractivity contribution in [3.05, 3.63) is 0 Å². The van der Waals surface area contributed by atoms with Crippen molar-refractivity contribution < 1.29 is 15.0 Å². The van der Waals surface area contributed by atoms with Crippen LogP contribution in [-0.2, 0) is 0 Å². The van der Waals surface area contributed by atoms with Crippen LogP contribution >= 0.6 is 0 Å². The minimum absolute atomic E-state index is 0.0580. The largest absolute Gasteiger partial charge is 0.465 e. The van der Waals surface area contributed by atoms with E-state index in [1.54, 1.807) is 0 Å².